The fourth-order valence-corrected chi connectivity index (χ4v) is 1.52. The van der Waals surface area contributed by atoms with Crippen molar-refractivity contribution in [1.82, 2.24) is 9.78 Å². The average molecular weight is 219 g/mol. The Morgan fingerprint density at radius 1 is 1.38 bits per heavy atom. The summed E-state index contributed by atoms with van der Waals surface area (Å²) in [7, 11) is 1.86. The normalized spacial score (nSPS) is 10.4. The van der Waals surface area contributed by atoms with Gasteiger partial charge in [0.1, 0.15) is 5.82 Å². The zero-order chi connectivity index (χ0) is 11.5. The maximum Gasteiger partial charge on any atom is 0.146 e. The van der Waals surface area contributed by atoms with Crippen LogP contribution < -0.4 is 5.32 Å². The molecule has 84 valence electrons. The molecular formula is C12H14FN3. The van der Waals surface area contributed by atoms with Gasteiger partial charge in [-0.25, -0.2) is 4.39 Å². The summed E-state index contributed by atoms with van der Waals surface area (Å²) in [6, 6.07) is 6.91. The molecule has 0 radical (unpaired) electrons. The molecule has 0 saturated heterocycles. The number of hydrogen-bond donors (Lipinski definition) is 1. The highest BCUT2D eigenvalue weighted by Crippen LogP contribution is 2.16. The van der Waals surface area contributed by atoms with Gasteiger partial charge in [-0.2, -0.15) is 5.10 Å². The molecule has 0 aliphatic carbocycles. The SMILES string of the molecule is Cc1ccc(F)c(NCc2ccn(C)n2)c1. The Kier molecular flexibility index (Phi) is 2.90. The molecule has 0 aliphatic rings. The number of hydrogen-bond acceptors (Lipinski definition) is 2. The Morgan fingerprint density at radius 2 is 2.19 bits per heavy atom. The Hall–Kier alpha value is -1.84. The van der Waals surface area contributed by atoms with Gasteiger partial charge in [-0.05, 0) is 30.7 Å². The molecule has 16 heavy (non-hydrogen) atoms. The first kappa shape index (κ1) is 10.7. The third-order valence-electron chi connectivity index (χ3n) is 2.35. The van der Waals surface area contributed by atoms with Crippen molar-refractivity contribution in [2.75, 3.05) is 5.32 Å². The Labute approximate surface area is 93.9 Å². The molecule has 0 atom stereocenters. The van der Waals surface area contributed by atoms with E-state index < -0.39 is 0 Å². The summed E-state index contributed by atoms with van der Waals surface area (Å²) >= 11 is 0. The van der Waals surface area contributed by atoms with Gasteiger partial charge in [0.25, 0.3) is 0 Å². The number of anilines is 1. The molecule has 0 saturated carbocycles. The van der Waals surface area contributed by atoms with Gasteiger partial charge in [-0.15, -0.1) is 0 Å². The van der Waals surface area contributed by atoms with E-state index in [4.69, 9.17) is 0 Å². The van der Waals surface area contributed by atoms with Crippen LogP contribution in [0.3, 0.4) is 0 Å². The summed E-state index contributed by atoms with van der Waals surface area (Å²) in [6.07, 6.45) is 1.86. The first-order valence-electron chi connectivity index (χ1n) is 5.14. The largest absolute Gasteiger partial charge is 0.377 e. The van der Waals surface area contributed by atoms with E-state index >= 15 is 0 Å². The minimum atomic E-state index is -0.235. The van der Waals surface area contributed by atoms with Crippen LogP contribution in [0.15, 0.2) is 30.5 Å². The summed E-state index contributed by atoms with van der Waals surface area (Å²) in [4.78, 5) is 0. The minimum absolute atomic E-state index is 0.235. The van der Waals surface area contributed by atoms with Gasteiger partial charge in [-0.3, -0.25) is 4.68 Å². The molecule has 1 aromatic carbocycles. The van der Waals surface area contributed by atoms with E-state index in [2.05, 4.69) is 10.4 Å². The topological polar surface area (TPSA) is 29.9 Å². The van der Waals surface area contributed by atoms with E-state index in [1.807, 2.05) is 26.2 Å². The summed E-state index contributed by atoms with van der Waals surface area (Å²) in [5.41, 5.74) is 2.44. The molecule has 2 rings (SSSR count). The van der Waals surface area contributed by atoms with Crippen LogP contribution in [-0.4, -0.2) is 9.78 Å². The summed E-state index contributed by atoms with van der Waals surface area (Å²) in [5.74, 6) is -0.235. The second kappa shape index (κ2) is 4.35. The van der Waals surface area contributed by atoms with Crippen LogP contribution in [0.4, 0.5) is 10.1 Å². The van der Waals surface area contributed by atoms with Crippen molar-refractivity contribution in [2.45, 2.75) is 13.5 Å². The van der Waals surface area contributed by atoms with E-state index in [-0.39, 0.29) is 5.82 Å². The molecule has 0 amide bonds. The van der Waals surface area contributed by atoms with Crippen molar-refractivity contribution in [1.29, 1.82) is 0 Å². The van der Waals surface area contributed by atoms with E-state index in [0.717, 1.165) is 11.3 Å². The highest BCUT2D eigenvalue weighted by molar-refractivity contribution is 5.47. The minimum Gasteiger partial charge on any atom is -0.377 e. The number of nitrogens with one attached hydrogen (secondary N) is 1. The standard InChI is InChI=1S/C12H14FN3/c1-9-3-4-11(13)12(7-9)14-8-10-5-6-16(2)15-10/h3-7,14H,8H2,1-2H3. The fraction of sp³-hybridized carbons (Fsp3) is 0.250. The molecular weight excluding hydrogens is 205 g/mol. The molecule has 3 nitrogen and oxygen atoms in total. The Balaban J connectivity index is 2.07. The second-order valence-corrected chi connectivity index (χ2v) is 3.82. The van der Waals surface area contributed by atoms with Crippen LogP contribution in [0.5, 0.6) is 0 Å². The van der Waals surface area contributed by atoms with E-state index in [0.29, 0.717) is 12.2 Å². The smallest absolute Gasteiger partial charge is 0.146 e. The van der Waals surface area contributed by atoms with Crippen molar-refractivity contribution in [3.63, 3.8) is 0 Å². The van der Waals surface area contributed by atoms with Gasteiger partial charge in [0.15, 0.2) is 0 Å². The van der Waals surface area contributed by atoms with Gasteiger partial charge in [-0.1, -0.05) is 6.07 Å². The first-order chi connectivity index (χ1) is 7.65. The van der Waals surface area contributed by atoms with Crippen LogP contribution >= 0.6 is 0 Å². The van der Waals surface area contributed by atoms with Crippen molar-refractivity contribution >= 4 is 5.69 Å². The van der Waals surface area contributed by atoms with E-state index in [9.17, 15) is 4.39 Å². The lowest BCUT2D eigenvalue weighted by atomic mass is 10.2. The number of aryl methyl sites for hydroxylation is 2. The predicted octanol–water partition coefficient (Wildman–Crippen LogP) is 2.48. The number of halogens is 1. The summed E-state index contributed by atoms with van der Waals surface area (Å²) in [5, 5.41) is 7.24. The van der Waals surface area contributed by atoms with Gasteiger partial charge in [0, 0.05) is 13.2 Å². The molecule has 2 aromatic rings. The van der Waals surface area contributed by atoms with Gasteiger partial charge < -0.3 is 5.32 Å². The zero-order valence-electron chi connectivity index (χ0n) is 9.37. The summed E-state index contributed by atoms with van der Waals surface area (Å²) in [6.45, 7) is 2.46. The summed E-state index contributed by atoms with van der Waals surface area (Å²) < 4.78 is 15.1. The highest BCUT2D eigenvalue weighted by Gasteiger charge is 2.02. The van der Waals surface area contributed by atoms with Crippen LogP contribution in [0.1, 0.15) is 11.3 Å². The molecule has 1 heterocycles. The van der Waals surface area contributed by atoms with E-state index in [1.54, 1.807) is 16.8 Å². The van der Waals surface area contributed by atoms with Crippen molar-refractivity contribution in [3.05, 3.63) is 47.5 Å². The molecule has 1 N–H and O–H groups in total. The third-order valence-corrected chi connectivity index (χ3v) is 2.35. The molecule has 0 bridgehead atoms. The first-order valence-corrected chi connectivity index (χ1v) is 5.14. The molecule has 0 spiro atoms. The van der Waals surface area contributed by atoms with Gasteiger partial charge >= 0.3 is 0 Å². The van der Waals surface area contributed by atoms with Crippen LogP contribution in [0, 0.1) is 12.7 Å². The monoisotopic (exact) mass is 219 g/mol. The molecule has 0 aliphatic heterocycles. The van der Waals surface area contributed by atoms with Gasteiger partial charge in [0.05, 0.1) is 17.9 Å². The number of aromatic nitrogens is 2. The number of benzene rings is 1. The van der Waals surface area contributed by atoms with Gasteiger partial charge in [0.2, 0.25) is 0 Å². The fourth-order valence-electron chi connectivity index (χ4n) is 1.52. The quantitative estimate of drug-likeness (QED) is 0.859. The van der Waals surface area contributed by atoms with Crippen LogP contribution in [0.25, 0.3) is 0 Å². The Morgan fingerprint density at radius 3 is 2.88 bits per heavy atom. The zero-order valence-corrected chi connectivity index (χ0v) is 9.37. The van der Waals surface area contributed by atoms with Crippen LogP contribution in [-0.2, 0) is 13.6 Å². The van der Waals surface area contributed by atoms with Crippen LogP contribution in [0.2, 0.25) is 0 Å². The lowest BCUT2D eigenvalue weighted by Crippen LogP contribution is -2.03. The van der Waals surface area contributed by atoms with E-state index in [1.165, 1.54) is 6.07 Å². The lowest BCUT2D eigenvalue weighted by molar-refractivity contribution is 0.629. The molecule has 4 heteroatoms. The van der Waals surface area contributed by atoms with Crippen molar-refractivity contribution < 1.29 is 4.39 Å². The molecule has 0 fully saturated rings. The number of rotatable bonds is 3. The maximum absolute atomic E-state index is 13.4. The third kappa shape index (κ3) is 2.39. The van der Waals surface area contributed by atoms with Crippen molar-refractivity contribution in [2.24, 2.45) is 7.05 Å². The number of nitrogens with zero attached hydrogens (tertiary/aromatic N) is 2. The molecule has 1 aromatic heterocycles. The predicted molar refractivity (Wildman–Crippen MR) is 61.7 cm³/mol. The van der Waals surface area contributed by atoms with Crippen molar-refractivity contribution in [3.8, 4) is 0 Å². The highest BCUT2D eigenvalue weighted by atomic mass is 19.1. The maximum atomic E-state index is 13.4. The second-order valence-electron chi connectivity index (χ2n) is 3.82. The molecule has 0 unspecified atom stereocenters. The lowest BCUT2D eigenvalue weighted by Gasteiger charge is -2.06. The average Bonchev–Trinajstić information content (AvgIpc) is 2.66. The Bertz CT molecular complexity index is 491.